The van der Waals surface area contributed by atoms with Crippen LogP contribution in [0.15, 0.2) is 0 Å². The van der Waals surface area contributed by atoms with Gasteiger partial charge in [0.2, 0.25) is 0 Å². The van der Waals surface area contributed by atoms with Gasteiger partial charge in [0.1, 0.15) is 26.4 Å². The molecule has 11 nitrogen and oxygen atoms in total. The van der Waals surface area contributed by atoms with E-state index < -0.39 is 42.0 Å². The van der Waals surface area contributed by atoms with Crippen LogP contribution in [0.2, 0.25) is 0 Å². The Bertz CT molecular complexity index is 1120. The van der Waals surface area contributed by atoms with E-state index in [1.807, 2.05) is 0 Å². The van der Waals surface area contributed by atoms with Crippen molar-refractivity contribution in [3.63, 3.8) is 0 Å². The van der Waals surface area contributed by atoms with Crippen molar-refractivity contribution in [2.75, 3.05) is 52.9 Å². The van der Waals surface area contributed by atoms with Crippen LogP contribution >= 0.6 is 0 Å². The minimum absolute atomic E-state index is 0.196. The summed E-state index contributed by atoms with van der Waals surface area (Å²) in [5, 5.41) is 21.8. The van der Waals surface area contributed by atoms with Crippen molar-refractivity contribution in [1.82, 2.24) is 0 Å². The lowest BCUT2D eigenvalue weighted by atomic mass is 9.90. The number of carbonyl (C=O) groups is 4. The topological polar surface area (TPSA) is 155 Å². The molecule has 11 heteroatoms. The molecule has 0 fully saturated rings. The summed E-state index contributed by atoms with van der Waals surface area (Å²) in [4.78, 5) is 52.5. The second-order valence-electron chi connectivity index (χ2n) is 19.1. The fourth-order valence-electron chi connectivity index (χ4n) is 7.78. The minimum atomic E-state index is -1.30. The molecule has 0 radical (unpaired) electrons. The predicted octanol–water partition coefficient (Wildman–Crippen LogP) is 12.7. The Balaban J connectivity index is 6.06. The first-order chi connectivity index (χ1) is 31.1. The Morgan fingerprint density at radius 2 is 0.625 bits per heavy atom. The molecule has 0 aliphatic heterocycles. The molecule has 0 saturated heterocycles. The summed E-state index contributed by atoms with van der Waals surface area (Å²) in [6.45, 7) is 8.46. The van der Waals surface area contributed by atoms with E-state index in [1.54, 1.807) is 0 Å². The van der Waals surface area contributed by atoms with E-state index in [2.05, 4.69) is 34.6 Å². The highest BCUT2D eigenvalue weighted by molar-refractivity contribution is 5.72. The van der Waals surface area contributed by atoms with E-state index in [4.69, 9.17) is 23.7 Å². The van der Waals surface area contributed by atoms with Gasteiger partial charge in [0, 0.05) is 19.3 Å². The maximum Gasteiger partial charge on any atom is 0.308 e. The van der Waals surface area contributed by atoms with Gasteiger partial charge in [-0.25, -0.2) is 0 Å². The van der Waals surface area contributed by atoms with Gasteiger partial charge in [0.15, 0.2) is 0 Å². The molecule has 0 spiro atoms. The number of aliphatic hydroxyl groups is 2. The maximum atomic E-state index is 13.8. The first-order valence-electron chi connectivity index (χ1n) is 26.5. The number of hydrogen-bond acceptors (Lipinski definition) is 11. The van der Waals surface area contributed by atoms with Gasteiger partial charge in [-0.15, -0.1) is 0 Å². The SMILES string of the molecule is CCCCCCCCCCC(=O)OCC(CO)(COC[C@](CO)(COC(=O)CCCCCCCC)COC(=O)[C@@H](CCCCCC)CCCCCCCC)COC(=O)CCCCCC. The molecule has 0 aromatic carbocycles. The quantitative estimate of drug-likeness (QED) is 0.0340. The molecule has 2 N–H and O–H groups in total. The van der Waals surface area contributed by atoms with Crippen molar-refractivity contribution in [3.8, 4) is 0 Å². The molecule has 0 aromatic rings. The van der Waals surface area contributed by atoms with Crippen molar-refractivity contribution >= 4 is 23.9 Å². The largest absolute Gasteiger partial charge is 0.465 e. The van der Waals surface area contributed by atoms with Gasteiger partial charge in [-0.1, -0.05) is 195 Å². The minimum Gasteiger partial charge on any atom is -0.465 e. The molecule has 0 heterocycles. The van der Waals surface area contributed by atoms with Crippen molar-refractivity contribution in [1.29, 1.82) is 0 Å². The summed E-state index contributed by atoms with van der Waals surface area (Å²) in [6, 6.07) is 0. The van der Waals surface area contributed by atoms with Gasteiger partial charge >= 0.3 is 23.9 Å². The lowest BCUT2D eigenvalue weighted by Crippen LogP contribution is -2.46. The van der Waals surface area contributed by atoms with Crippen LogP contribution in [0, 0.1) is 16.7 Å². The lowest BCUT2D eigenvalue weighted by Gasteiger charge is -2.34. The first-order valence-corrected chi connectivity index (χ1v) is 26.5. The molecular formula is C53H100O11. The summed E-state index contributed by atoms with van der Waals surface area (Å²) in [5.41, 5.74) is -2.59. The van der Waals surface area contributed by atoms with E-state index in [0.29, 0.717) is 19.3 Å². The Morgan fingerprint density at radius 3 is 0.953 bits per heavy atom. The zero-order valence-electron chi connectivity index (χ0n) is 42.1. The van der Waals surface area contributed by atoms with E-state index in [9.17, 15) is 29.4 Å². The maximum absolute atomic E-state index is 13.8. The van der Waals surface area contributed by atoms with Gasteiger partial charge in [0.25, 0.3) is 0 Å². The molecule has 64 heavy (non-hydrogen) atoms. The molecule has 3 atom stereocenters. The highest BCUT2D eigenvalue weighted by atomic mass is 16.6. The zero-order chi connectivity index (χ0) is 47.4. The smallest absolute Gasteiger partial charge is 0.308 e. The normalized spacial score (nSPS) is 13.8. The average Bonchev–Trinajstić information content (AvgIpc) is 3.30. The number of unbranched alkanes of at least 4 members (excludes halogenated alkanes) is 23. The van der Waals surface area contributed by atoms with Gasteiger partial charge in [-0.3, -0.25) is 19.2 Å². The molecule has 0 aromatic heterocycles. The summed E-state index contributed by atoms with van der Waals surface area (Å²) < 4.78 is 29.4. The third kappa shape index (κ3) is 34.1. The van der Waals surface area contributed by atoms with Crippen LogP contribution < -0.4 is 0 Å². The fourth-order valence-corrected chi connectivity index (χ4v) is 7.78. The molecule has 378 valence electrons. The Hall–Kier alpha value is -2.24. The van der Waals surface area contributed by atoms with Gasteiger partial charge in [-0.05, 0) is 32.1 Å². The summed E-state index contributed by atoms with van der Waals surface area (Å²) in [7, 11) is 0. The summed E-state index contributed by atoms with van der Waals surface area (Å²) in [5.74, 6) is -1.78. The standard InChI is InChI=1S/C53H100O11/c1-6-11-16-21-24-25-28-33-38-49(57)62-44-52(39-54,43-61-48(56)36-31-20-15-10-5)41-60-42-53(40-55,45-63-50(58)37-32-27-23-18-13-8-3)46-64-51(59)47(34-29-19-14-9-4)35-30-26-22-17-12-7-2/h47,54-55H,6-46H2,1-5H3/t47-,52?,53+/m0/s1. The van der Waals surface area contributed by atoms with Crippen molar-refractivity contribution < 1.29 is 53.1 Å². The first kappa shape index (κ1) is 61.8. The number of carbonyl (C=O) groups excluding carboxylic acids is 4. The van der Waals surface area contributed by atoms with Crippen LogP contribution in [-0.2, 0) is 42.9 Å². The molecule has 0 bridgehead atoms. The molecule has 0 saturated carbocycles. The Kier molecular flexibility index (Phi) is 41.8. The fraction of sp³-hybridized carbons (Fsp3) is 0.925. The van der Waals surface area contributed by atoms with E-state index >= 15 is 0 Å². The molecular weight excluding hydrogens is 813 g/mol. The Labute approximate surface area is 392 Å². The monoisotopic (exact) mass is 913 g/mol. The van der Waals surface area contributed by atoms with Crippen LogP contribution in [-0.4, -0.2) is 86.9 Å². The molecule has 0 aliphatic rings. The van der Waals surface area contributed by atoms with Gasteiger partial charge in [-0.2, -0.15) is 0 Å². The van der Waals surface area contributed by atoms with Crippen LogP contribution in [0.5, 0.6) is 0 Å². The second kappa shape index (κ2) is 43.3. The van der Waals surface area contributed by atoms with E-state index in [-0.39, 0.29) is 70.8 Å². The summed E-state index contributed by atoms with van der Waals surface area (Å²) >= 11 is 0. The highest BCUT2D eigenvalue weighted by Crippen LogP contribution is 2.27. The summed E-state index contributed by atoms with van der Waals surface area (Å²) in [6.07, 6.45) is 31.7. The van der Waals surface area contributed by atoms with Crippen molar-refractivity contribution in [2.45, 2.75) is 247 Å². The molecule has 0 aliphatic carbocycles. The highest BCUT2D eigenvalue weighted by Gasteiger charge is 2.39. The van der Waals surface area contributed by atoms with Crippen molar-refractivity contribution in [3.05, 3.63) is 0 Å². The average molecular weight is 913 g/mol. The van der Waals surface area contributed by atoms with E-state index in [0.717, 1.165) is 122 Å². The molecule has 0 rings (SSSR count). The zero-order valence-corrected chi connectivity index (χ0v) is 42.1. The van der Waals surface area contributed by atoms with E-state index in [1.165, 1.54) is 51.4 Å². The number of ether oxygens (including phenoxy) is 5. The van der Waals surface area contributed by atoms with Crippen LogP contribution in [0.25, 0.3) is 0 Å². The second-order valence-corrected chi connectivity index (χ2v) is 19.1. The predicted molar refractivity (Wildman–Crippen MR) is 258 cm³/mol. The van der Waals surface area contributed by atoms with Gasteiger partial charge in [0.05, 0.1) is 43.2 Å². The number of esters is 4. The Morgan fingerprint density at radius 1 is 0.359 bits per heavy atom. The number of rotatable bonds is 48. The van der Waals surface area contributed by atoms with Crippen LogP contribution in [0.1, 0.15) is 247 Å². The van der Waals surface area contributed by atoms with Gasteiger partial charge < -0.3 is 33.9 Å². The molecule has 0 amide bonds. The van der Waals surface area contributed by atoms with Crippen molar-refractivity contribution in [2.24, 2.45) is 16.7 Å². The number of hydrogen-bond donors (Lipinski definition) is 2. The third-order valence-corrected chi connectivity index (χ3v) is 12.5. The molecule has 1 unspecified atom stereocenters. The lowest BCUT2D eigenvalue weighted by molar-refractivity contribution is -0.169. The third-order valence-electron chi connectivity index (χ3n) is 12.5. The number of aliphatic hydroxyl groups excluding tert-OH is 2. The van der Waals surface area contributed by atoms with Crippen LogP contribution in [0.3, 0.4) is 0 Å². The van der Waals surface area contributed by atoms with Crippen LogP contribution in [0.4, 0.5) is 0 Å².